The number of hydrogen-bond acceptors (Lipinski definition) is 3. The summed E-state index contributed by atoms with van der Waals surface area (Å²) in [4.78, 5) is 1.40. The molecule has 0 saturated heterocycles. The second kappa shape index (κ2) is 6.11. The quantitative estimate of drug-likeness (QED) is 0.486. The summed E-state index contributed by atoms with van der Waals surface area (Å²) >= 11 is 1.94. The third kappa shape index (κ3) is 3.04. The van der Waals surface area contributed by atoms with E-state index in [9.17, 15) is 0 Å². The Morgan fingerprint density at radius 3 is 3.06 bits per heavy atom. The summed E-state index contributed by atoms with van der Waals surface area (Å²) in [5.74, 6) is 11.7. The van der Waals surface area contributed by atoms with Gasteiger partial charge < -0.3 is 0 Å². The van der Waals surface area contributed by atoms with Crippen molar-refractivity contribution in [3.63, 3.8) is 0 Å². The van der Waals surface area contributed by atoms with Gasteiger partial charge in [-0.3, -0.25) is 11.3 Å². The fraction of sp³-hybridized carbons (Fsp3) is 0.429. The van der Waals surface area contributed by atoms with Gasteiger partial charge in [0.15, 0.2) is 0 Å². The Morgan fingerprint density at radius 2 is 2.35 bits per heavy atom. The molecule has 1 aliphatic rings. The van der Waals surface area contributed by atoms with Crippen LogP contribution in [0.15, 0.2) is 29.2 Å². The Morgan fingerprint density at radius 1 is 1.53 bits per heavy atom. The number of thioether (sulfide) groups is 1. The highest BCUT2D eigenvalue weighted by Gasteiger charge is 2.28. The molecule has 2 atom stereocenters. The predicted molar refractivity (Wildman–Crippen MR) is 73.6 cm³/mol. The van der Waals surface area contributed by atoms with E-state index in [0.29, 0.717) is 11.3 Å². The molecule has 3 heteroatoms. The van der Waals surface area contributed by atoms with E-state index in [1.165, 1.54) is 10.5 Å². The van der Waals surface area contributed by atoms with Crippen molar-refractivity contribution in [3.05, 3.63) is 29.8 Å². The van der Waals surface area contributed by atoms with Crippen molar-refractivity contribution in [1.29, 1.82) is 0 Å². The Balaban J connectivity index is 1.97. The van der Waals surface area contributed by atoms with Crippen molar-refractivity contribution in [2.24, 2.45) is 5.84 Å². The number of hydrazine groups is 1. The Hall–Kier alpha value is -0.950. The maximum absolute atomic E-state index is 5.66. The first-order valence-corrected chi connectivity index (χ1v) is 6.83. The van der Waals surface area contributed by atoms with Crippen molar-refractivity contribution in [3.8, 4) is 11.8 Å². The van der Waals surface area contributed by atoms with Crippen molar-refractivity contribution in [2.75, 3.05) is 0 Å². The summed E-state index contributed by atoms with van der Waals surface area (Å²) in [5.41, 5.74) is 4.40. The van der Waals surface area contributed by atoms with Gasteiger partial charge in [-0.05, 0) is 31.4 Å². The van der Waals surface area contributed by atoms with Crippen LogP contribution < -0.4 is 11.3 Å². The fourth-order valence-electron chi connectivity index (χ4n) is 2.16. The molecule has 2 nitrogen and oxygen atoms in total. The zero-order valence-electron chi connectivity index (χ0n) is 10.1. The van der Waals surface area contributed by atoms with Gasteiger partial charge >= 0.3 is 0 Å². The number of hydrogen-bond donors (Lipinski definition) is 2. The third-order valence-electron chi connectivity index (χ3n) is 3.09. The first-order chi connectivity index (χ1) is 8.35. The van der Waals surface area contributed by atoms with E-state index in [-0.39, 0.29) is 0 Å². The average Bonchev–Trinajstić information content (AvgIpc) is 2.78. The zero-order chi connectivity index (χ0) is 12.1. The lowest BCUT2D eigenvalue weighted by Gasteiger charge is -2.20. The minimum absolute atomic E-state index is 0.341. The maximum atomic E-state index is 5.66. The minimum atomic E-state index is 0.341. The summed E-state index contributed by atoms with van der Waals surface area (Å²) in [6.45, 7) is 1.88. The van der Waals surface area contributed by atoms with Crippen molar-refractivity contribution in [2.45, 2.75) is 42.4 Å². The molecule has 0 saturated carbocycles. The molecule has 1 aromatic rings. The summed E-state index contributed by atoms with van der Waals surface area (Å²) in [5, 5.41) is 0.538. The molecule has 0 amide bonds. The lowest BCUT2D eigenvalue weighted by molar-refractivity contribution is 0.483. The van der Waals surface area contributed by atoms with E-state index < -0.39 is 0 Å². The highest BCUT2D eigenvalue weighted by Crippen LogP contribution is 2.38. The fourth-order valence-corrected chi connectivity index (χ4v) is 3.59. The van der Waals surface area contributed by atoms with Crippen LogP contribution in [0.3, 0.4) is 0 Å². The van der Waals surface area contributed by atoms with Crippen molar-refractivity contribution < 1.29 is 0 Å². The number of nitrogens with two attached hydrogens (primary N) is 1. The van der Waals surface area contributed by atoms with Gasteiger partial charge in [-0.15, -0.1) is 23.6 Å². The van der Waals surface area contributed by atoms with Crippen LogP contribution in [0.25, 0.3) is 0 Å². The molecule has 3 N–H and O–H groups in total. The van der Waals surface area contributed by atoms with Gasteiger partial charge in [0.2, 0.25) is 0 Å². The van der Waals surface area contributed by atoms with Gasteiger partial charge in [-0.1, -0.05) is 18.2 Å². The maximum Gasteiger partial charge on any atom is 0.0345 e. The Labute approximate surface area is 107 Å². The minimum Gasteiger partial charge on any atom is -0.271 e. The highest BCUT2D eigenvalue weighted by atomic mass is 32.2. The van der Waals surface area contributed by atoms with E-state index >= 15 is 0 Å². The summed E-state index contributed by atoms with van der Waals surface area (Å²) in [7, 11) is 0. The molecule has 0 spiro atoms. The van der Waals surface area contributed by atoms with Gasteiger partial charge in [0.25, 0.3) is 0 Å². The molecule has 0 bridgehead atoms. The van der Waals surface area contributed by atoms with Gasteiger partial charge in [0, 0.05) is 22.6 Å². The van der Waals surface area contributed by atoms with E-state index in [0.717, 1.165) is 19.3 Å². The smallest absolute Gasteiger partial charge is 0.0345 e. The molecule has 1 aromatic carbocycles. The van der Waals surface area contributed by atoms with E-state index in [1.807, 2.05) is 18.7 Å². The lowest BCUT2D eigenvalue weighted by Crippen LogP contribution is -2.42. The van der Waals surface area contributed by atoms with Crippen LogP contribution in [-0.4, -0.2) is 11.3 Å². The molecule has 1 aliphatic heterocycles. The van der Waals surface area contributed by atoms with Crippen molar-refractivity contribution in [1.82, 2.24) is 5.43 Å². The van der Waals surface area contributed by atoms with Crippen LogP contribution in [0.1, 0.15) is 25.3 Å². The molecule has 0 aromatic heterocycles. The van der Waals surface area contributed by atoms with Gasteiger partial charge in [0.1, 0.15) is 0 Å². The van der Waals surface area contributed by atoms with Gasteiger partial charge in [-0.2, -0.15) is 0 Å². The molecule has 0 aliphatic carbocycles. The molecule has 0 radical (unpaired) electrons. The van der Waals surface area contributed by atoms with Crippen LogP contribution in [0.2, 0.25) is 0 Å². The normalized spacial score (nSPS) is 19.3. The first-order valence-electron chi connectivity index (χ1n) is 5.95. The van der Waals surface area contributed by atoms with Crippen LogP contribution in [0.4, 0.5) is 0 Å². The van der Waals surface area contributed by atoms with Crippen LogP contribution in [0.5, 0.6) is 0 Å². The molecular formula is C14H18N2S. The second-order valence-corrected chi connectivity index (χ2v) is 5.49. The standard InChI is InChI=1S/C14H18N2S/c1-2-3-4-8-12(16-15)14-10-11-7-5-6-9-13(11)17-14/h5-7,9,12,14,16H,4,8,10,15H2,1H3. The topological polar surface area (TPSA) is 38.0 Å². The predicted octanol–water partition coefficient (Wildman–Crippen LogP) is 2.34. The average molecular weight is 246 g/mol. The zero-order valence-corrected chi connectivity index (χ0v) is 10.9. The summed E-state index contributed by atoms with van der Waals surface area (Å²) < 4.78 is 0. The second-order valence-electron chi connectivity index (χ2n) is 4.21. The molecule has 17 heavy (non-hydrogen) atoms. The number of benzene rings is 1. The van der Waals surface area contributed by atoms with Crippen LogP contribution in [0, 0.1) is 11.8 Å². The van der Waals surface area contributed by atoms with Crippen LogP contribution in [-0.2, 0) is 6.42 Å². The van der Waals surface area contributed by atoms with Crippen molar-refractivity contribution >= 4 is 11.8 Å². The lowest BCUT2D eigenvalue weighted by atomic mass is 10.0. The first kappa shape index (κ1) is 12.5. The molecule has 90 valence electrons. The Bertz CT molecular complexity index is 408. The van der Waals surface area contributed by atoms with Gasteiger partial charge in [0.05, 0.1) is 0 Å². The van der Waals surface area contributed by atoms with Crippen LogP contribution >= 0.6 is 11.8 Å². The number of nitrogens with one attached hydrogen (secondary N) is 1. The molecular weight excluding hydrogens is 228 g/mol. The molecule has 2 unspecified atom stereocenters. The largest absolute Gasteiger partial charge is 0.271 e. The molecule has 1 heterocycles. The van der Waals surface area contributed by atoms with E-state index in [4.69, 9.17) is 5.84 Å². The van der Waals surface area contributed by atoms with Gasteiger partial charge in [-0.25, -0.2) is 0 Å². The monoisotopic (exact) mass is 246 g/mol. The summed E-state index contributed by atoms with van der Waals surface area (Å²) in [6, 6.07) is 8.95. The molecule has 0 fully saturated rings. The number of rotatable bonds is 4. The SMILES string of the molecule is CC#CCCC(NN)C1Cc2ccccc2S1. The Kier molecular flexibility index (Phi) is 4.49. The summed E-state index contributed by atoms with van der Waals surface area (Å²) in [6.07, 6.45) is 3.04. The van der Waals surface area contributed by atoms with E-state index in [1.54, 1.807) is 0 Å². The number of fused-ring (bicyclic) bond motifs is 1. The van der Waals surface area contributed by atoms with E-state index in [2.05, 4.69) is 41.5 Å². The third-order valence-corrected chi connectivity index (χ3v) is 4.54. The molecule has 2 rings (SSSR count). The highest BCUT2D eigenvalue weighted by molar-refractivity contribution is 8.00.